The van der Waals surface area contributed by atoms with Gasteiger partial charge in [-0.3, -0.25) is 0 Å². The summed E-state index contributed by atoms with van der Waals surface area (Å²) in [4.78, 5) is 10.4. The highest BCUT2D eigenvalue weighted by Crippen LogP contribution is 2.53. The van der Waals surface area contributed by atoms with E-state index in [9.17, 15) is 0 Å². The molecule has 1 atom stereocenters. The molecule has 0 fully saturated rings. The van der Waals surface area contributed by atoms with Crippen LogP contribution in [-0.4, -0.2) is 16.2 Å². The van der Waals surface area contributed by atoms with Crippen molar-refractivity contribution in [3.8, 4) is 27.9 Å². The van der Waals surface area contributed by atoms with Gasteiger partial charge in [0, 0.05) is 49.3 Å². The quantitative estimate of drug-likeness (QED) is 0.190. The van der Waals surface area contributed by atoms with E-state index in [0.29, 0.717) is 5.84 Å². The number of hydrogen-bond acceptors (Lipinski definition) is 4. The van der Waals surface area contributed by atoms with Crippen LogP contribution in [0.4, 0.5) is 0 Å². The molecule has 280 valence electrons. The largest absolute Gasteiger partial charge is 0.456 e. The lowest BCUT2D eigenvalue weighted by molar-refractivity contribution is 0.661. The third kappa shape index (κ3) is 5.18. The minimum Gasteiger partial charge on any atom is -0.456 e. The van der Waals surface area contributed by atoms with E-state index in [1.807, 2.05) is 24.3 Å². The number of rotatable bonds is 5. The number of para-hydroxylation sites is 1. The van der Waals surface area contributed by atoms with Gasteiger partial charge in [0.05, 0.1) is 11.0 Å². The van der Waals surface area contributed by atoms with Crippen LogP contribution in [0.1, 0.15) is 47.8 Å². The zero-order valence-corrected chi connectivity index (χ0v) is 32.6. The van der Waals surface area contributed by atoms with E-state index >= 15 is 0 Å². The van der Waals surface area contributed by atoms with E-state index in [-0.39, 0.29) is 5.41 Å². The van der Waals surface area contributed by atoms with Gasteiger partial charge in [0.25, 0.3) is 0 Å². The average Bonchev–Trinajstić information content (AvgIpc) is 3.91. The molecule has 0 bridgehead atoms. The second-order valence-corrected chi connectivity index (χ2v) is 16.2. The zero-order valence-electron chi connectivity index (χ0n) is 32.6. The van der Waals surface area contributed by atoms with Crippen molar-refractivity contribution >= 4 is 55.4 Å². The summed E-state index contributed by atoms with van der Waals surface area (Å²) in [6.45, 7) is 4.70. The van der Waals surface area contributed by atoms with Crippen molar-refractivity contribution in [2.45, 2.75) is 25.4 Å². The second kappa shape index (κ2) is 12.8. The molecule has 10 aromatic rings. The normalized spacial score (nSPS) is 15.6. The first-order valence-electron chi connectivity index (χ1n) is 20.3. The van der Waals surface area contributed by atoms with Crippen LogP contribution in [-0.2, 0) is 5.41 Å². The maximum absolute atomic E-state index is 6.55. The van der Waals surface area contributed by atoms with Gasteiger partial charge in [0.15, 0.2) is 5.84 Å². The molecular weight excluding hydrogens is 721 g/mol. The van der Waals surface area contributed by atoms with E-state index in [1.54, 1.807) is 0 Å². The standard InChI is InChI=1S/C54H38N4O/c1-54(2)44-22-11-9-21-43(44)49-45(54)29-28-42-39-20-10-12-23-46(39)58(50(42)49)38-19-13-18-36(30-38)52-55-51(34-16-7-4-8-17-34)56-53(57-52)37-25-27-41-40-26-24-35(33-14-5-3-6-15-33)31-47(40)59-48(41)32-37/h3-32,52H,1-2H3,(H,55,56,57). The Hall–Kier alpha value is -7.50. The Balaban J connectivity index is 0.987. The highest BCUT2D eigenvalue weighted by Gasteiger charge is 2.37. The van der Waals surface area contributed by atoms with Crippen LogP contribution in [0.15, 0.2) is 196 Å². The van der Waals surface area contributed by atoms with Crippen LogP contribution in [0.2, 0.25) is 0 Å². The number of aromatic nitrogens is 1. The van der Waals surface area contributed by atoms with E-state index < -0.39 is 6.17 Å². The molecule has 3 heterocycles. The van der Waals surface area contributed by atoms with E-state index in [0.717, 1.165) is 61.3 Å². The molecule has 5 nitrogen and oxygen atoms in total. The Bertz CT molecular complexity index is 3390. The number of furan rings is 1. The van der Waals surface area contributed by atoms with Crippen molar-refractivity contribution in [3.05, 3.63) is 210 Å². The Labute approximate surface area is 341 Å². The Morgan fingerprint density at radius 3 is 2.03 bits per heavy atom. The van der Waals surface area contributed by atoms with Gasteiger partial charge in [0.2, 0.25) is 0 Å². The molecule has 0 spiro atoms. The summed E-state index contributed by atoms with van der Waals surface area (Å²) in [7, 11) is 0. The maximum Gasteiger partial charge on any atom is 0.159 e. The molecule has 5 heteroatoms. The minimum atomic E-state index is -0.393. The molecule has 0 amide bonds. The SMILES string of the molecule is CC1(C)c2ccccc2-c2c1ccc1c3ccccc3n(-c3cccc(C4N=C(c5ccccc5)N=C(c5ccc6c(c5)oc5cc(-c7ccccc7)ccc56)N4)c3)c21. The number of nitrogens with zero attached hydrogens (tertiary/aromatic N) is 3. The molecule has 1 aliphatic carbocycles. The molecule has 2 aromatic heterocycles. The zero-order chi connectivity index (χ0) is 39.2. The minimum absolute atomic E-state index is 0.107. The number of aliphatic imine (C=N–C) groups is 2. The van der Waals surface area contributed by atoms with Crippen LogP contribution >= 0.6 is 0 Å². The molecule has 59 heavy (non-hydrogen) atoms. The summed E-state index contributed by atoms with van der Waals surface area (Å²) in [5.74, 6) is 1.43. The second-order valence-electron chi connectivity index (χ2n) is 16.2. The van der Waals surface area contributed by atoms with Crippen molar-refractivity contribution in [2.75, 3.05) is 0 Å². The molecule has 2 aliphatic rings. The summed E-state index contributed by atoms with van der Waals surface area (Å²) >= 11 is 0. The summed E-state index contributed by atoms with van der Waals surface area (Å²) in [5.41, 5.74) is 15.7. The van der Waals surface area contributed by atoms with Crippen LogP contribution in [0.3, 0.4) is 0 Å². The molecule has 8 aromatic carbocycles. The lowest BCUT2D eigenvalue weighted by atomic mass is 9.82. The molecule has 12 rings (SSSR count). The lowest BCUT2D eigenvalue weighted by Gasteiger charge is -2.24. The van der Waals surface area contributed by atoms with E-state index in [2.05, 4.69) is 181 Å². The van der Waals surface area contributed by atoms with Crippen molar-refractivity contribution in [3.63, 3.8) is 0 Å². The molecule has 0 saturated heterocycles. The number of amidine groups is 2. The monoisotopic (exact) mass is 758 g/mol. The Kier molecular flexibility index (Phi) is 7.27. The van der Waals surface area contributed by atoms with Crippen LogP contribution in [0.5, 0.6) is 0 Å². The molecule has 1 aliphatic heterocycles. The first kappa shape index (κ1) is 33.6. The Morgan fingerprint density at radius 1 is 0.542 bits per heavy atom. The lowest BCUT2D eigenvalue weighted by Crippen LogP contribution is -2.33. The first-order chi connectivity index (χ1) is 29.0. The van der Waals surface area contributed by atoms with Crippen molar-refractivity contribution in [1.82, 2.24) is 9.88 Å². The fourth-order valence-electron chi connectivity index (χ4n) is 9.56. The number of fused-ring (bicyclic) bond motifs is 10. The third-order valence-corrected chi connectivity index (χ3v) is 12.5. The number of hydrogen-bond donors (Lipinski definition) is 1. The molecule has 1 unspecified atom stereocenters. The van der Waals surface area contributed by atoms with Gasteiger partial charge in [-0.1, -0.05) is 153 Å². The van der Waals surface area contributed by atoms with Gasteiger partial charge in [-0.05, 0) is 75.8 Å². The van der Waals surface area contributed by atoms with Gasteiger partial charge in [-0.15, -0.1) is 0 Å². The van der Waals surface area contributed by atoms with Gasteiger partial charge in [-0.2, -0.15) is 0 Å². The van der Waals surface area contributed by atoms with Crippen LogP contribution in [0.25, 0.3) is 71.7 Å². The molecule has 0 radical (unpaired) electrons. The topological polar surface area (TPSA) is 54.8 Å². The first-order valence-corrected chi connectivity index (χ1v) is 20.3. The van der Waals surface area contributed by atoms with Gasteiger partial charge in [-0.25, -0.2) is 9.98 Å². The molecule has 1 N–H and O–H groups in total. The van der Waals surface area contributed by atoms with Gasteiger partial charge < -0.3 is 14.3 Å². The van der Waals surface area contributed by atoms with Crippen LogP contribution in [0, 0.1) is 0 Å². The van der Waals surface area contributed by atoms with Crippen LogP contribution < -0.4 is 5.32 Å². The highest BCUT2D eigenvalue weighted by molar-refractivity contribution is 6.17. The fourth-order valence-corrected chi connectivity index (χ4v) is 9.56. The molecular formula is C54H38N4O. The van der Waals surface area contributed by atoms with Crippen molar-refractivity contribution in [1.29, 1.82) is 0 Å². The summed E-state index contributed by atoms with van der Waals surface area (Å²) in [5, 5.41) is 8.40. The smallest absolute Gasteiger partial charge is 0.159 e. The Morgan fingerprint density at radius 2 is 1.22 bits per heavy atom. The van der Waals surface area contributed by atoms with E-state index in [1.165, 1.54) is 44.1 Å². The van der Waals surface area contributed by atoms with Crippen molar-refractivity contribution in [2.24, 2.45) is 9.98 Å². The fraction of sp³-hybridized carbons (Fsp3) is 0.0741. The van der Waals surface area contributed by atoms with E-state index in [4.69, 9.17) is 14.4 Å². The summed E-state index contributed by atoms with van der Waals surface area (Å²) in [6, 6.07) is 64.7. The van der Waals surface area contributed by atoms with Gasteiger partial charge in [0.1, 0.15) is 23.2 Å². The highest BCUT2D eigenvalue weighted by atomic mass is 16.3. The summed E-state index contributed by atoms with van der Waals surface area (Å²) in [6.07, 6.45) is -0.393. The number of nitrogens with one attached hydrogen (secondary N) is 1. The van der Waals surface area contributed by atoms with Gasteiger partial charge >= 0.3 is 0 Å². The third-order valence-electron chi connectivity index (χ3n) is 12.5. The predicted molar refractivity (Wildman–Crippen MR) is 243 cm³/mol. The maximum atomic E-state index is 6.55. The van der Waals surface area contributed by atoms with Crippen molar-refractivity contribution < 1.29 is 4.42 Å². The molecule has 0 saturated carbocycles. The number of benzene rings is 8. The average molecular weight is 759 g/mol. The predicted octanol–water partition coefficient (Wildman–Crippen LogP) is 13.2. The summed E-state index contributed by atoms with van der Waals surface area (Å²) < 4.78 is 9.01.